The molecule has 2 aromatic heterocycles. The van der Waals surface area contributed by atoms with E-state index in [0.717, 1.165) is 27.7 Å². The zero-order valence-electron chi connectivity index (χ0n) is 20.1. The van der Waals surface area contributed by atoms with Crippen molar-refractivity contribution in [3.05, 3.63) is 78.5 Å². The number of nitrogens with zero attached hydrogens (tertiary/aromatic N) is 3. The van der Waals surface area contributed by atoms with Gasteiger partial charge in [0, 0.05) is 28.7 Å². The molecule has 9 heteroatoms. The third kappa shape index (κ3) is 4.52. The van der Waals surface area contributed by atoms with E-state index in [-0.39, 0.29) is 11.7 Å². The highest BCUT2D eigenvalue weighted by Crippen LogP contribution is 2.34. The summed E-state index contributed by atoms with van der Waals surface area (Å²) in [5, 5.41) is 13.6. The Labute approximate surface area is 212 Å². The monoisotopic (exact) mass is 499 g/mol. The molecule has 3 aromatic carbocycles. The number of aryl methyl sites for hydroxylation is 1. The summed E-state index contributed by atoms with van der Waals surface area (Å²) in [7, 11) is 3.13. The number of thioether (sulfide) groups is 1. The molecule has 5 rings (SSSR count). The fourth-order valence-corrected chi connectivity index (χ4v) is 4.80. The van der Waals surface area contributed by atoms with Crippen molar-refractivity contribution in [3.8, 4) is 28.6 Å². The zero-order chi connectivity index (χ0) is 25.1. The number of benzene rings is 3. The van der Waals surface area contributed by atoms with Crippen molar-refractivity contribution in [1.29, 1.82) is 0 Å². The van der Waals surface area contributed by atoms with Gasteiger partial charge in [-0.25, -0.2) is 0 Å². The molecule has 0 unspecified atom stereocenters. The number of anilines is 1. The number of ether oxygens (including phenoxy) is 2. The number of amides is 1. The van der Waals surface area contributed by atoms with Crippen LogP contribution in [0.2, 0.25) is 0 Å². The molecule has 0 atom stereocenters. The number of carbonyl (C=O) groups is 1. The summed E-state index contributed by atoms with van der Waals surface area (Å²) >= 11 is 1.32. The molecule has 2 N–H and O–H groups in total. The van der Waals surface area contributed by atoms with E-state index in [1.807, 2.05) is 60.2 Å². The first-order valence-corrected chi connectivity index (χ1v) is 12.3. The van der Waals surface area contributed by atoms with E-state index in [1.165, 1.54) is 11.8 Å². The van der Waals surface area contributed by atoms with Crippen molar-refractivity contribution in [1.82, 2.24) is 19.7 Å². The largest absolute Gasteiger partial charge is 0.497 e. The third-order valence-electron chi connectivity index (χ3n) is 5.83. The van der Waals surface area contributed by atoms with Crippen LogP contribution in [0.3, 0.4) is 0 Å². The quantitative estimate of drug-likeness (QED) is 0.275. The number of hydrogen-bond acceptors (Lipinski definition) is 6. The molecule has 0 saturated carbocycles. The van der Waals surface area contributed by atoms with E-state index in [0.29, 0.717) is 28.2 Å². The van der Waals surface area contributed by atoms with Crippen LogP contribution in [0.25, 0.3) is 28.0 Å². The summed E-state index contributed by atoms with van der Waals surface area (Å²) in [6.45, 7) is 2.05. The SMILES string of the molecule is COc1ccc(OC)c(NC(=O)CSc2nnc(-c3c[nH]c4ccccc34)n2-c2ccccc2C)c1. The van der Waals surface area contributed by atoms with Gasteiger partial charge >= 0.3 is 0 Å². The summed E-state index contributed by atoms with van der Waals surface area (Å²) in [6.07, 6.45) is 1.94. The number of para-hydroxylation sites is 2. The average Bonchev–Trinajstić information content (AvgIpc) is 3.51. The summed E-state index contributed by atoms with van der Waals surface area (Å²) in [4.78, 5) is 16.2. The highest BCUT2D eigenvalue weighted by Gasteiger charge is 2.21. The molecule has 36 heavy (non-hydrogen) atoms. The van der Waals surface area contributed by atoms with Gasteiger partial charge < -0.3 is 19.8 Å². The van der Waals surface area contributed by atoms with Crippen molar-refractivity contribution < 1.29 is 14.3 Å². The van der Waals surface area contributed by atoms with Gasteiger partial charge in [-0.3, -0.25) is 9.36 Å². The summed E-state index contributed by atoms with van der Waals surface area (Å²) in [6, 6.07) is 21.4. The van der Waals surface area contributed by atoms with Crippen LogP contribution >= 0.6 is 11.8 Å². The molecule has 1 amide bonds. The predicted octanol–water partition coefficient (Wildman–Crippen LogP) is 5.47. The molecule has 0 bridgehead atoms. The molecule has 0 radical (unpaired) electrons. The van der Waals surface area contributed by atoms with Crippen molar-refractivity contribution in [2.45, 2.75) is 12.1 Å². The smallest absolute Gasteiger partial charge is 0.234 e. The molecule has 0 aliphatic carbocycles. The second-order valence-corrected chi connectivity index (χ2v) is 9.02. The summed E-state index contributed by atoms with van der Waals surface area (Å²) in [5.41, 5.74) is 4.54. The first kappa shape index (κ1) is 23.5. The van der Waals surface area contributed by atoms with Gasteiger partial charge in [0.15, 0.2) is 11.0 Å². The first-order chi connectivity index (χ1) is 17.6. The lowest BCUT2D eigenvalue weighted by atomic mass is 10.1. The van der Waals surface area contributed by atoms with Gasteiger partial charge in [0.05, 0.1) is 31.3 Å². The lowest BCUT2D eigenvalue weighted by Crippen LogP contribution is -2.15. The van der Waals surface area contributed by atoms with Crippen molar-refractivity contribution >= 4 is 34.3 Å². The van der Waals surface area contributed by atoms with Gasteiger partial charge in [0.25, 0.3) is 0 Å². The molecule has 8 nitrogen and oxygen atoms in total. The van der Waals surface area contributed by atoms with Gasteiger partial charge in [-0.05, 0) is 36.8 Å². The van der Waals surface area contributed by atoms with E-state index in [9.17, 15) is 4.79 Å². The van der Waals surface area contributed by atoms with Gasteiger partial charge in [-0.15, -0.1) is 10.2 Å². The number of H-pyrrole nitrogens is 1. The molecule has 2 heterocycles. The number of nitrogens with one attached hydrogen (secondary N) is 2. The average molecular weight is 500 g/mol. The van der Waals surface area contributed by atoms with Crippen LogP contribution < -0.4 is 14.8 Å². The number of aromatic nitrogens is 4. The van der Waals surface area contributed by atoms with Gasteiger partial charge in [0.1, 0.15) is 11.5 Å². The van der Waals surface area contributed by atoms with Crippen molar-refractivity contribution in [2.24, 2.45) is 0 Å². The van der Waals surface area contributed by atoms with E-state index in [1.54, 1.807) is 32.4 Å². The van der Waals surface area contributed by atoms with Gasteiger partial charge in [0.2, 0.25) is 5.91 Å². The maximum Gasteiger partial charge on any atom is 0.234 e. The fraction of sp³-hybridized carbons (Fsp3) is 0.148. The number of aromatic amines is 1. The minimum Gasteiger partial charge on any atom is -0.497 e. The molecule has 0 saturated heterocycles. The Morgan fingerprint density at radius 3 is 2.64 bits per heavy atom. The topological polar surface area (TPSA) is 94.1 Å². The van der Waals surface area contributed by atoms with Crippen LogP contribution in [-0.2, 0) is 4.79 Å². The molecule has 0 spiro atoms. The lowest BCUT2D eigenvalue weighted by molar-refractivity contribution is -0.113. The number of carbonyl (C=O) groups excluding carboxylic acids is 1. The maximum absolute atomic E-state index is 12.9. The Hall–Kier alpha value is -4.24. The maximum atomic E-state index is 12.9. The molecule has 0 aliphatic heterocycles. The van der Waals surface area contributed by atoms with Crippen molar-refractivity contribution in [2.75, 3.05) is 25.3 Å². The van der Waals surface area contributed by atoms with E-state index in [4.69, 9.17) is 9.47 Å². The number of methoxy groups -OCH3 is 2. The van der Waals surface area contributed by atoms with E-state index >= 15 is 0 Å². The lowest BCUT2D eigenvalue weighted by Gasteiger charge is -2.13. The Morgan fingerprint density at radius 1 is 1.03 bits per heavy atom. The van der Waals surface area contributed by atoms with Crippen LogP contribution in [0, 0.1) is 6.92 Å². The second kappa shape index (κ2) is 10.2. The molecular formula is C27H25N5O3S. The first-order valence-electron chi connectivity index (χ1n) is 11.3. The van der Waals surface area contributed by atoms with Crippen LogP contribution in [0.5, 0.6) is 11.5 Å². The van der Waals surface area contributed by atoms with Crippen LogP contribution in [-0.4, -0.2) is 45.6 Å². The van der Waals surface area contributed by atoms with E-state index in [2.05, 4.69) is 26.6 Å². The number of hydrogen-bond donors (Lipinski definition) is 2. The Balaban J connectivity index is 1.46. The normalized spacial score (nSPS) is 11.0. The van der Waals surface area contributed by atoms with E-state index < -0.39 is 0 Å². The molecule has 0 aliphatic rings. The Bertz CT molecular complexity index is 1540. The minimum absolute atomic E-state index is 0.137. The fourth-order valence-electron chi connectivity index (χ4n) is 4.05. The van der Waals surface area contributed by atoms with Crippen LogP contribution in [0.4, 0.5) is 5.69 Å². The molecule has 182 valence electrons. The Morgan fingerprint density at radius 2 is 1.83 bits per heavy atom. The predicted molar refractivity (Wildman–Crippen MR) is 142 cm³/mol. The second-order valence-electron chi connectivity index (χ2n) is 8.08. The highest BCUT2D eigenvalue weighted by molar-refractivity contribution is 7.99. The number of fused-ring (bicyclic) bond motifs is 1. The molecule has 5 aromatic rings. The standard InChI is InChI=1S/C27H25N5O3S/c1-17-8-4-7-11-23(17)32-26(20-15-28-21-10-6-5-9-19(20)21)30-31-27(32)36-16-25(33)29-22-14-18(34-2)12-13-24(22)35-3/h4-15,28H,16H2,1-3H3,(H,29,33). The third-order valence-corrected chi connectivity index (χ3v) is 6.76. The zero-order valence-corrected chi connectivity index (χ0v) is 20.9. The van der Waals surface area contributed by atoms with Crippen molar-refractivity contribution in [3.63, 3.8) is 0 Å². The van der Waals surface area contributed by atoms with Crippen LogP contribution in [0.15, 0.2) is 78.1 Å². The Kier molecular flexibility index (Phi) is 6.64. The van der Waals surface area contributed by atoms with Crippen LogP contribution in [0.1, 0.15) is 5.56 Å². The number of rotatable bonds is 8. The highest BCUT2D eigenvalue weighted by atomic mass is 32.2. The minimum atomic E-state index is -0.195. The summed E-state index contributed by atoms with van der Waals surface area (Å²) < 4.78 is 12.7. The molecule has 0 fully saturated rings. The molecular weight excluding hydrogens is 474 g/mol. The van der Waals surface area contributed by atoms with Gasteiger partial charge in [-0.2, -0.15) is 0 Å². The summed E-state index contributed by atoms with van der Waals surface area (Å²) in [5.74, 6) is 1.83. The van der Waals surface area contributed by atoms with Gasteiger partial charge in [-0.1, -0.05) is 48.2 Å².